The zero-order chi connectivity index (χ0) is 46.0. The molecule has 0 radical (unpaired) electrons. The third kappa shape index (κ3) is 35.2. The topological polar surface area (TPSA) is 249 Å². The Labute approximate surface area is 352 Å². The van der Waals surface area contributed by atoms with Gasteiger partial charge < -0.3 is 56.0 Å². The lowest BCUT2D eigenvalue weighted by Gasteiger charge is -2.24. The second-order valence-corrected chi connectivity index (χ2v) is 18.1. The molecule has 0 spiro atoms. The van der Waals surface area contributed by atoms with Crippen molar-refractivity contribution >= 4 is 42.2 Å². The standard InChI is InChI=1S/C38H70N6O12.C3H8/c1-35(2,3)53-31(49)40-23-17-13-19-25(43-33(51)55-37(7,8)9)28(45)39-22-16-15-21-27(30(47)48)42-29(46)26(44-34(52)56-38(10,11)12)20-14-18-24-41-32(50)54-36(4,5)6;1-3-2/h25-27H,13-24H2,1-12H3,(H,39,45)(H,40,49)(H,41,50)(H,42,46)(H,43,51)(H,44,52)(H,47,48);3H2,1-2H3. The van der Waals surface area contributed by atoms with Crippen molar-refractivity contribution in [2.45, 2.75) is 202 Å². The van der Waals surface area contributed by atoms with Gasteiger partial charge in [0.15, 0.2) is 0 Å². The van der Waals surface area contributed by atoms with Gasteiger partial charge in [-0.3, -0.25) is 9.59 Å². The first kappa shape index (κ1) is 56.6. The number of aliphatic carboxylic acids is 1. The fourth-order valence-corrected chi connectivity index (χ4v) is 4.73. The van der Waals surface area contributed by atoms with Crippen LogP contribution in [0.2, 0.25) is 0 Å². The lowest BCUT2D eigenvalue weighted by Crippen LogP contribution is -2.52. The van der Waals surface area contributed by atoms with Crippen LogP contribution in [0.5, 0.6) is 0 Å². The van der Waals surface area contributed by atoms with E-state index < -0.39 is 82.7 Å². The number of carbonyl (C=O) groups is 7. The molecule has 0 saturated carbocycles. The smallest absolute Gasteiger partial charge is 0.408 e. The number of amides is 6. The monoisotopic (exact) mass is 847 g/mol. The molecule has 6 amide bonds. The first-order valence-electron chi connectivity index (χ1n) is 20.7. The van der Waals surface area contributed by atoms with Crippen molar-refractivity contribution in [3.63, 3.8) is 0 Å². The summed E-state index contributed by atoms with van der Waals surface area (Å²) >= 11 is 0. The summed E-state index contributed by atoms with van der Waals surface area (Å²) in [6.07, 6.45) is 1.44. The molecular weight excluding hydrogens is 768 g/mol. The van der Waals surface area contributed by atoms with Crippen LogP contribution < -0.4 is 31.9 Å². The summed E-state index contributed by atoms with van der Waals surface area (Å²) in [5.74, 6) is -2.45. The van der Waals surface area contributed by atoms with Gasteiger partial charge in [0.25, 0.3) is 0 Å². The first-order valence-corrected chi connectivity index (χ1v) is 20.7. The van der Waals surface area contributed by atoms with E-state index >= 15 is 0 Å². The van der Waals surface area contributed by atoms with Gasteiger partial charge in [-0.2, -0.15) is 0 Å². The van der Waals surface area contributed by atoms with E-state index in [1.165, 1.54) is 6.42 Å². The second-order valence-electron chi connectivity index (χ2n) is 18.1. The van der Waals surface area contributed by atoms with Gasteiger partial charge >= 0.3 is 30.3 Å². The van der Waals surface area contributed by atoms with Gasteiger partial charge in [-0.25, -0.2) is 24.0 Å². The highest BCUT2D eigenvalue weighted by Gasteiger charge is 2.29. The van der Waals surface area contributed by atoms with E-state index in [-0.39, 0.29) is 32.4 Å². The predicted molar refractivity (Wildman–Crippen MR) is 225 cm³/mol. The quantitative estimate of drug-likeness (QED) is 0.0488. The molecule has 3 unspecified atom stereocenters. The van der Waals surface area contributed by atoms with Gasteiger partial charge in [0.05, 0.1) is 0 Å². The number of hydrogen-bond acceptors (Lipinski definition) is 11. The molecule has 0 aliphatic rings. The van der Waals surface area contributed by atoms with Crippen molar-refractivity contribution in [2.75, 3.05) is 19.6 Å². The highest BCUT2D eigenvalue weighted by atomic mass is 16.6. The van der Waals surface area contributed by atoms with E-state index in [0.29, 0.717) is 45.1 Å². The number of rotatable bonds is 21. The van der Waals surface area contributed by atoms with Gasteiger partial charge in [-0.1, -0.05) is 20.3 Å². The van der Waals surface area contributed by atoms with Crippen molar-refractivity contribution in [3.8, 4) is 0 Å². The third-order valence-corrected chi connectivity index (χ3v) is 7.02. The molecule has 0 aliphatic heterocycles. The normalized spacial score (nSPS) is 13.1. The zero-order valence-corrected chi connectivity index (χ0v) is 38.4. The lowest BCUT2D eigenvalue weighted by molar-refractivity contribution is -0.142. The van der Waals surface area contributed by atoms with Crippen LogP contribution in [0.15, 0.2) is 0 Å². The predicted octanol–water partition coefficient (Wildman–Crippen LogP) is 6.44. The van der Waals surface area contributed by atoms with Gasteiger partial charge in [-0.15, -0.1) is 0 Å². The van der Waals surface area contributed by atoms with Crippen LogP contribution in [0, 0.1) is 0 Å². The van der Waals surface area contributed by atoms with E-state index in [0.717, 1.165) is 0 Å². The van der Waals surface area contributed by atoms with Gasteiger partial charge in [0.1, 0.15) is 40.5 Å². The largest absolute Gasteiger partial charge is 0.480 e. The molecule has 7 N–H and O–H groups in total. The Bertz CT molecular complexity index is 1300. The third-order valence-electron chi connectivity index (χ3n) is 7.02. The van der Waals surface area contributed by atoms with E-state index in [1.807, 2.05) is 0 Å². The molecule has 0 heterocycles. The minimum Gasteiger partial charge on any atom is -0.480 e. The first-order chi connectivity index (χ1) is 27.0. The number of unbranched alkanes of at least 4 members (excludes halogenated alkanes) is 3. The Morgan fingerprint density at radius 2 is 0.712 bits per heavy atom. The van der Waals surface area contributed by atoms with Crippen LogP contribution in [0.25, 0.3) is 0 Å². The van der Waals surface area contributed by atoms with Crippen LogP contribution in [-0.4, -0.2) is 107 Å². The Morgan fingerprint density at radius 3 is 1.03 bits per heavy atom. The molecule has 344 valence electrons. The van der Waals surface area contributed by atoms with Crippen molar-refractivity contribution in [1.82, 2.24) is 31.9 Å². The fraction of sp³-hybridized carbons (Fsp3) is 0.829. The van der Waals surface area contributed by atoms with E-state index in [2.05, 4.69) is 45.7 Å². The highest BCUT2D eigenvalue weighted by Crippen LogP contribution is 2.12. The molecule has 3 atom stereocenters. The fourth-order valence-electron chi connectivity index (χ4n) is 4.73. The molecule has 0 rings (SSSR count). The molecule has 0 aromatic carbocycles. The summed E-state index contributed by atoms with van der Waals surface area (Å²) in [4.78, 5) is 87.3. The van der Waals surface area contributed by atoms with Crippen LogP contribution in [0.3, 0.4) is 0 Å². The Morgan fingerprint density at radius 1 is 0.424 bits per heavy atom. The molecule has 0 aromatic heterocycles. The molecule has 0 saturated heterocycles. The van der Waals surface area contributed by atoms with Crippen molar-refractivity contribution in [3.05, 3.63) is 0 Å². The summed E-state index contributed by atoms with van der Waals surface area (Å²) < 4.78 is 21.0. The van der Waals surface area contributed by atoms with Crippen LogP contribution in [-0.2, 0) is 33.3 Å². The van der Waals surface area contributed by atoms with Crippen LogP contribution in [0.4, 0.5) is 19.2 Å². The molecule has 0 aliphatic carbocycles. The van der Waals surface area contributed by atoms with Crippen molar-refractivity contribution in [2.24, 2.45) is 0 Å². The molecule has 0 aromatic rings. The SMILES string of the molecule is CC(C)(C)OC(=O)NCCCCC(NC(=O)OC(C)(C)C)C(=O)NCCCCC(NC(=O)C(CCCCNC(=O)OC(C)(C)C)NC(=O)OC(C)(C)C)C(=O)O.CCC. The van der Waals surface area contributed by atoms with E-state index in [4.69, 9.17) is 18.9 Å². The number of nitrogens with one attached hydrogen (secondary N) is 6. The summed E-state index contributed by atoms with van der Waals surface area (Å²) in [6, 6.07) is -3.33. The zero-order valence-electron chi connectivity index (χ0n) is 38.4. The van der Waals surface area contributed by atoms with Gasteiger partial charge in [0, 0.05) is 19.6 Å². The Kier molecular flexibility index (Phi) is 26.9. The lowest BCUT2D eigenvalue weighted by atomic mass is 10.1. The Balaban J connectivity index is 0. The Hall–Kier alpha value is -4.51. The van der Waals surface area contributed by atoms with Crippen LogP contribution >= 0.6 is 0 Å². The maximum Gasteiger partial charge on any atom is 0.408 e. The maximum absolute atomic E-state index is 13.3. The summed E-state index contributed by atoms with van der Waals surface area (Å²) in [5.41, 5.74) is -2.92. The van der Waals surface area contributed by atoms with Crippen LogP contribution in [0.1, 0.15) is 161 Å². The van der Waals surface area contributed by atoms with Crippen molar-refractivity contribution in [1.29, 1.82) is 0 Å². The average molecular weight is 847 g/mol. The molecule has 0 bridgehead atoms. The molecule has 18 nitrogen and oxygen atoms in total. The summed E-state index contributed by atoms with van der Waals surface area (Å²) in [5, 5.41) is 25.5. The number of hydrogen-bond donors (Lipinski definition) is 7. The number of ether oxygens (including phenoxy) is 4. The molecular formula is C41H78N6O12. The molecule has 0 fully saturated rings. The number of carbonyl (C=O) groups excluding carboxylic acids is 6. The van der Waals surface area contributed by atoms with Crippen molar-refractivity contribution < 1.29 is 57.6 Å². The minimum absolute atomic E-state index is 0.0279. The number of carboxylic acid groups (broad SMARTS) is 1. The van der Waals surface area contributed by atoms with Gasteiger partial charge in [-0.05, 0) is 141 Å². The summed E-state index contributed by atoms with van der Waals surface area (Å²) in [6.45, 7) is 25.6. The minimum atomic E-state index is -1.29. The van der Waals surface area contributed by atoms with Gasteiger partial charge in [0.2, 0.25) is 11.8 Å². The second kappa shape index (κ2) is 28.0. The summed E-state index contributed by atoms with van der Waals surface area (Å²) in [7, 11) is 0. The molecule has 18 heteroatoms. The number of alkyl carbamates (subject to hydrolysis) is 4. The average Bonchev–Trinajstić information content (AvgIpc) is 3.03. The maximum atomic E-state index is 13.3. The number of carboxylic acids is 1. The molecule has 59 heavy (non-hydrogen) atoms. The van der Waals surface area contributed by atoms with E-state index in [9.17, 15) is 38.7 Å². The highest BCUT2D eigenvalue weighted by molar-refractivity contribution is 5.89. The van der Waals surface area contributed by atoms with E-state index in [1.54, 1.807) is 83.1 Å².